The Hall–Kier alpha value is -0.570. The summed E-state index contributed by atoms with van der Waals surface area (Å²) in [7, 11) is 0. The highest BCUT2D eigenvalue weighted by molar-refractivity contribution is 5.84. The first-order chi connectivity index (χ1) is 7.71. The summed E-state index contributed by atoms with van der Waals surface area (Å²) in [6.45, 7) is 12.8. The Morgan fingerprint density at radius 3 is 2.24 bits per heavy atom. The van der Waals surface area contributed by atoms with E-state index < -0.39 is 0 Å². The fourth-order valence-electron chi connectivity index (χ4n) is 3.34. The van der Waals surface area contributed by atoms with E-state index in [4.69, 9.17) is 0 Å². The van der Waals surface area contributed by atoms with Crippen LogP contribution in [0.1, 0.15) is 47.5 Å². The SMILES string of the molecule is CC1(CNC(=O)C2C(C)(C)C2(C)C)CCCN1. The second-order valence-corrected chi connectivity index (χ2v) is 7.19. The summed E-state index contributed by atoms with van der Waals surface area (Å²) in [6.07, 6.45) is 2.37. The third-order valence-electron chi connectivity index (χ3n) is 5.39. The average molecular weight is 238 g/mol. The van der Waals surface area contributed by atoms with Gasteiger partial charge in [0.05, 0.1) is 0 Å². The molecule has 1 unspecified atom stereocenters. The van der Waals surface area contributed by atoms with E-state index in [1.54, 1.807) is 0 Å². The molecule has 0 aromatic rings. The molecule has 0 radical (unpaired) electrons. The maximum absolute atomic E-state index is 12.2. The van der Waals surface area contributed by atoms with Gasteiger partial charge in [0.2, 0.25) is 5.91 Å². The van der Waals surface area contributed by atoms with Crippen LogP contribution in [0.15, 0.2) is 0 Å². The lowest BCUT2D eigenvalue weighted by atomic mass is 10.0. The van der Waals surface area contributed by atoms with E-state index in [9.17, 15) is 4.79 Å². The molecule has 1 saturated carbocycles. The van der Waals surface area contributed by atoms with E-state index in [2.05, 4.69) is 45.3 Å². The van der Waals surface area contributed by atoms with Crippen molar-refractivity contribution in [2.24, 2.45) is 16.7 Å². The molecule has 98 valence electrons. The number of hydrogen-bond donors (Lipinski definition) is 2. The van der Waals surface area contributed by atoms with E-state index in [1.807, 2.05) is 0 Å². The normalized spacial score (nSPS) is 34.6. The lowest BCUT2D eigenvalue weighted by Gasteiger charge is -2.24. The fraction of sp³-hybridized carbons (Fsp3) is 0.929. The Morgan fingerprint density at radius 1 is 1.24 bits per heavy atom. The first-order valence-corrected chi connectivity index (χ1v) is 6.73. The van der Waals surface area contributed by atoms with E-state index in [0.717, 1.165) is 19.5 Å². The van der Waals surface area contributed by atoms with Gasteiger partial charge in [0.1, 0.15) is 0 Å². The maximum Gasteiger partial charge on any atom is 0.224 e. The van der Waals surface area contributed by atoms with Crippen molar-refractivity contribution in [2.75, 3.05) is 13.1 Å². The lowest BCUT2D eigenvalue weighted by molar-refractivity contribution is -0.123. The number of carbonyl (C=O) groups excluding carboxylic acids is 1. The van der Waals surface area contributed by atoms with Gasteiger partial charge in [-0.3, -0.25) is 4.79 Å². The first kappa shape index (κ1) is 12.9. The van der Waals surface area contributed by atoms with Gasteiger partial charge in [-0.15, -0.1) is 0 Å². The zero-order chi connectivity index (χ0) is 12.9. The minimum Gasteiger partial charge on any atom is -0.354 e. The summed E-state index contributed by atoms with van der Waals surface area (Å²) in [5.41, 5.74) is 0.390. The molecule has 3 heteroatoms. The highest BCUT2D eigenvalue weighted by atomic mass is 16.2. The Kier molecular flexibility index (Phi) is 2.81. The van der Waals surface area contributed by atoms with E-state index in [-0.39, 0.29) is 28.2 Å². The molecule has 17 heavy (non-hydrogen) atoms. The third kappa shape index (κ3) is 1.99. The second kappa shape index (κ2) is 3.71. The van der Waals surface area contributed by atoms with Crippen LogP contribution in [0.4, 0.5) is 0 Å². The van der Waals surface area contributed by atoms with Crippen LogP contribution >= 0.6 is 0 Å². The van der Waals surface area contributed by atoms with Crippen LogP contribution < -0.4 is 10.6 Å². The molecule has 1 aliphatic heterocycles. The number of rotatable bonds is 3. The summed E-state index contributed by atoms with van der Waals surface area (Å²) in [4.78, 5) is 12.2. The summed E-state index contributed by atoms with van der Waals surface area (Å²) < 4.78 is 0. The van der Waals surface area contributed by atoms with Crippen molar-refractivity contribution in [3.63, 3.8) is 0 Å². The topological polar surface area (TPSA) is 41.1 Å². The fourth-order valence-corrected chi connectivity index (χ4v) is 3.34. The van der Waals surface area contributed by atoms with Gasteiger partial charge in [-0.05, 0) is 37.1 Å². The minimum absolute atomic E-state index is 0.110. The number of amides is 1. The predicted octanol–water partition coefficient (Wildman–Crippen LogP) is 1.93. The molecule has 1 heterocycles. The van der Waals surface area contributed by atoms with Crippen molar-refractivity contribution in [1.29, 1.82) is 0 Å². The van der Waals surface area contributed by atoms with E-state index in [1.165, 1.54) is 6.42 Å². The van der Waals surface area contributed by atoms with Gasteiger partial charge in [0.25, 0.3) is 0 Å². The van der Waals surface area contributed by atoms with Crippen LogP contribution in [0.3, 0.4) is 0 Å². The molecule has 0 aromatic carbocycles. The number of carbonyl (C=O) groups is 1. The van der Waals surface area contributed by atoms with Gasteiger partial charge in [0.15, 0.2) is 0 Å². The Bertz CT molecular complexity index is 313. The number of nitrogens with one attached hydrogen (secondary N) is 2. The van der Waals surface area contributed by atoms with Crippen LogP contribution in [0.25, 0.3) is 0 Å². The highest BCUT2D eigenvalue weighted by Gasteiger charge is 2.68. The molecular weight excluding hydrogens is 212 g/mol. The van der Waals surface area contributed by atoms with Crippen LogP contribution in [-0.4, -0.2) is 24.5 Å². The standard InChI is InChI=1S/C14H26N2O/c1-12(2)10(13(12,3)4)11(17)15-9-14(5)7-6-8-16-14/h10,16H,6-9H2,1-5H3,(H,15,17). The molecular formula is C14H26N2O. The smallest absolute Gasteiger partial charge is 0.224 e. The van der Waals surface area contributed by atoms with Gasteiger partial charge in [-0.1, -0.05) is 27.7 Å². The predicted molar refractivity (Wildman–Crippen MR) is 69.7 cm³/mol. The second-order valence-electron chi connectivity index (χ2n) is 7.19. The highest BCUT2D eigenvalue weighted by Crippen LogP contribution is 2.68. The average Bonchev–Trinajstić information content (AvgIpc) is 2.54. The molecule has 0 spiro atoms. The van der Waals surface area contributed by atoms with Crippen molar-refractivity contribution in [3.05, 3.63) is 0 Å². The van der Waals surface area contributed by atoms with Crippen LogP contribution in [-0.2, 0) is 4.79 Å². The largest absolute Gasteiger partial charge is 0.354 e. The van der Waals surface area contributed by atoms with E-state index >= 15 is 0 Å². The summed E-state index contributed by atoms with van der Waals surface area (Å²) >= 11 is 0. The quantitative estimate of drug-likeness (QED) is 0.789. The summed E-state index contributed by atoms with van der Waals surface area (Å²) in [5.74, 6) is 0.398. The molecule has 0 bridgehead atoms. The monoisotopic (exact) mass is 238 g/mol. The third-order valence-corrected chi connectivity index (χ3v) is 5.39. The van der Waals surface area contributed by atoms with Gasteiger partial charge >= 0.3 is 0 Å². The van der Waals surface area contributed by atoms with Gasteiger partial charge < -0.3 is 10.6 Å². The molecule has 2 aliphatic rings. The lowest BCUT2D eigenvalue weighted by Crippen LogP contribution is -2.48. The van der Waals surface area contributed by atoms with Crippen molar-refractivity contribution < 1.29 is 4.79 Å². The van der Waals surface area contributed by atoms with Crippen molar-refractivity contribution >= 4 is 5.91 Å². The molecule has 1 amide bonds. The molecule has 2 N–H and O–H groups in total. The van der Waals surface area contributed by atoms with E-state index in [0.29, 0.717) is 0 Å². The number of hydrogen-bond acceptors (Lipinski definition) is 2. The maximum atomic E-state index is 12.2. The summed E-state index contributed by atoms with van der Waals surface area (Å²) in [6, 6.07) is 0. The van der Waals surface area contributed by atoms with Crippen molar-refractivity contribution in [1.82, 2.24) is 10.6 Å². The zero-order valence-electron chi connectivity index (χ0n) is 11.8. The van der Waals surface area contributed by atoms with Crippen LogP contribution in [0, 0.1) is 16.7 Å². The van der Waals surface area contributed by atoms with Gasteiger partial charge in [-0.25, -0.2) is 0 Å². The first-order valence-electron chi connectivity index (χ1n) is 6.73. The molecule has 1 saturated heterocycles. The Labute approximate surface area is 105 Å². The van der Waals surface area contributed by atoms with Gasteiger partial charge in [0, 0.05) is 18.0 Å². The Morgan fingerprint density at radius 2 is 1.82 bits per heavy atom. The van der Waals surface area contributed by atoms with Crippen molar-refractivity contribution in [3.8, 4) is 0 Å². The minimum atomic E-state index is 0.110. The van der Waals surface area contributed by atoms with Crippen molar-refractivity contribution in [2.45, 2.75) is 53.0 Å². The molecule has 0 aromatic heterocycles. The zero-order valence-corrected chi connectivity index (χ0v) is 11.8. The molecule has 2 fully saturated rings. The Balaban J connectivity index is 1.87. The molecule has 2 rings (SSSR count). The molecule has 1 aliphatic carbocycles. The van der Waals surface area contributed by atoms with Crippen LogP contribution in [0.2, 0.25) is 0 Å². The van der Waals surface area contributed by atoms with Gasteiger partial charge in [-0.2, -0.15) is 0 Å². The van der Waals surface area contributed by atoms with Crippen LogP contribution in [0.5, 0.6) is 0 Å². The summed E-state index contributed by atoms with van der Waals surface area (Å²) in [5, 5.41) is 6.61. The molecule has 3 nitrogen and oxygen atoms in total. The molecule has 1 atom stereocenters.